The number of hydrogen-bond acceptors (Lipinski definition) is 7. The van der Waals surface area contributed by atoms with Gasteiger partial charge in [-0.2, -0.15) is 0 Å². The van der Waals surface area contributed by atoms with Crippen LogP contribution in [0.1, 0.15) is 17.5 Å². The molecule has 10 heteroatoms. The van der Waals surface area contributed by atoms with Gasteiger partial charge in [0.25, 0.3) is 11.5 Å². The van der Waals surface area contributed by atoms with Gasteiger partial charge in [-0.3, -0.25) is 18.9 Å². The number of benzene rings is 1. The molecule has 0 spiro atoms. The maximum absolute atomic E-state index is 13.4. The van der Waals surface area contributed by atoms with Crippen molar-refractivity contribution in [2.75, 3.05) is 18.4 Å². The van der Waals surface area contributed by atoms with Gasteiger partial charge in [-0.25, -0.2) is 9.97 Å². The molecule has 1 aliphatic heterocycles. The van der Waals surface area contributed by atoms with Crippen LogP contribution in [0.2, 0.25) is 0 Å². The first kappa shape index (κ1) is 24.0. The van der Waals surface area contributed by atoms with Crippen molar-refractivity contribution in [2.45, 2.75) is 19.4 Å². The van der Waals surface area contributed by atoms with Crippen molar-refractivity contribution in [3.63, 3.8) is 0 Å². The lowest BCUT2D eigenvalue weighted by atomic mass is 10.1. The Balaban J connectivity index is 1.39. The van der Waals surface area contributed by atoms with Gasteiger partial charge in [-0.15, -0.1) is 0 Å². The topological polar surface area (TPSA) is 84.5 Å². The van der Waals surface area contributed by atoms with Crippen molar-refractivity contribution in [3.05, 3.63) is 99.8 Å². The third kappa shape index (κ3) is 5.24. The van der Waals surface area contributed by atoms with E-state index in [2.05, 4.69) is 15.3 Å². The first-order valence-corrected chi connectivity index (χ1v) is 12.8. The van der Waals surface area contributed by atoms with Crippen molar-refractivity contribution in [3.8, 4) is 0 Å². The number of pyridine rings is 1. The number of thiocarbonyl (C=S) groups is 1. The van der Waals surface area contributed by atoms with E-state index >= 15 is 0 Å². The maximum Gasteiger partial charge on any atom is 0.267 e. The number of aromatic nitrogens is 4. The fourth-order valence-corrected chi connectivity index (χ4v) is 5.25. The van der Waals surface area contributed by atoms with E-state index in [-0.39, 0.29) is 11.5 Å². The summed E-state index contributed by atoms with van der Waals surface area (Å²) < 4.78 is 3.97. The van der Waals surface area contributed by atoms with Crippen LogP contribution in [0.15, 0.2) is 83.1 Å². The molecule has 8 nitrogen and oxygen atoms in total. The van der Waals surface area contributed by atoms with Gasteiger partial charge in [0.2, 0.25) is 0 Å². The summed E-state index contributed by atoms with van der Waals surface area (Å²) in [6.45, 7) is 1.88. The Morgan fingerprint density at radius 1 is 1.03 bits per heavy atom. The molecular formula is C26H24N6O2S2. The van der Waals surface area contributed by atoms with E-state index in [1.807, 2.05) is 47.2 Å². The fraction of sp³-hybridized carbons (Fsp3) is 0.192. The summed E-state index contributed by atoms with van der Waals surface area (Å²) in [5, 5.41) is 3.30. The Morgan fingerprint density at radius 2 is 1.86 bits per heavy atom. The highest BCUT2D eigenvalue weighted by atomic mass is 32.2. The number of carbonyl (C=O) groups excluding carboxylic acids is 1. The predicted molar refractivity (Wildman–Crippen MR) is 147 cm³/mol. The number of nitrogens with one attached hydrogen (secondary N) is 1. The van der Waals surface area contributed by atoms with Crippen molar-refractivity contribution in [2.24, 2.45) is 0 Å². The van der Waals surface area contributed by atoms with Crippen molar-refractivity contribution < 1.29 is 4.79 Å². The molecule has 1 aliphatic rings. The summed E-state index contributed by atoms with van der Waals surface area (Å²) in [4.78, 5) is 37.4. The molecule has 36 heavy (non-hydrogen) atoms. The second kappa shape index (κ2) is 10.9. The summed E-state index contributed by atoms with van der Waals surface area (Å²) in [6.07, 6.45) is 10.2. The molecule has 0 saturated carbocycles. The third-order valence-corrected chi connectivity index (χ3v) is 7.21. The second-order valence-electron chi connectivity index (χ2n) is 8.26. The molecule has 182 valence electrons. The van der Waals surface area contributed by atoms with E-state index in [1.165, 1.54) is 16.2 Å². The number of fused-ring (bicyclic) bond motifs is 1. The lowest BCUT2D eigenvalue weighted by Crippen LogP contribution is -2.30. The summed E-state index contributed by atoms with van der Waals surface area (Å²) in [6, 6.07) is 15.4. The molecule has 4 heterocycles. The minimum absolute atomic E-state index is 0.190. The summed E-state index contributed by atoms with van der Waals surface area (Å²) >= 11 is 6.72. The molecule has 1 N–H and O–H groups in total. The van der Waals surface area contributed by atoms with Gasteiger partial charge in [-0.05, 0) is 36.6 Å². The number of nitrogens with zero attached hydrogens (tertiary/aromatic N) is 5. The lowest BCUT2D eigenvalue weighted by molar-refractivity contribution is -0.122. The second-order valence-corrected chi connectivity index (χ2v) is 9.93. The standard InChI is InChI=1S/C26H24N6O2S2/c33-24-20(17-21-25(34)32(26(35)36-21)15-10-19-7-2-1-3-8-19)23(29-22-9-4-5-14-31(22)24)28-11-6-13-30-16-12-27-18-30/h1-5,7-9,12,14,16-18,28H,6,10-11,13,15H2/b21-17-. The number of amides is 1. The molecule has 1 fully saturated rings. The number of aryl methyl sites for hydroxylation is 1. The molecule has 0 radical (unpaired) electrons. The van der Waals surface area contributed by atoms with E-state index in [0.717, 1.165) is 18.5 Å². The van der Waals surface area contributed by atoms with Crippen LogP contribution >= 0.6 is 24.0 Å². The number of imidazole rings is 1. The van der Waals surface area contributed by atoms with Gasteiger partial charge in [0.05, 0.1) is 16.8 Å². The normalized spacial score (nSPS) is 14.8. The zero-order valence-corrected chi connectivity index (χ0v) is 21.0. The van der Waals surface area contributed by atoms with Gasteiger partial charge in [0, 0.05) is 38.2 Å². The largest absolute Gasteiger partial charge is 0.369 e. The van der Waals surface area contributed by atoms with E-state index in [0.29, 0.717) is 45.8 Å². The molecule has 1 saturated heterocycles. The number of anilines is 1. The molecular weight excluding hydrogens is 492 g/mol. The Kier molecular flexibility index (Phi) is 7.24. The van der Waals surface area contributed by atoms with E-state index in [1.54, 1.807) is 41.8 Å². The van der Waals surface area contributed by atoms with Crippen LogP contribution in [0.4, 0.5) is 5.82 Å². The Bertz CT molecular complexity index is 1480. The smallest absolute Gasteiger partial charge is 0.267 e. The zero-order chi connectivity index (χ0) is 24.9. The lowest BCUT2D eigenvalue weighted by Gasteiger charge is -2.14. The van der Waals surface area contributed by atoms with Crippen LogP contribution in [0.25, 0.3) is 11.7 Å². The number of carbonyl (C=O) groups is 1. The molecule has 3 aromatic heterocycles. The summed E-state index contributed by atoms with van der Waals surface area (Å²) in [5.74, 6) is 0.260. The molecule has 1 aromatic carbocycles. The van der Waals surface area contributed by atoms with Gasteiger partial charge in [-0.1, -0.05) is 60.4 Å². The molecule has 0 atom stereocenters. The molecule has 0 aliphatic carbocycles. The van der Waals surface area contributed by atoms with Crippen LogP contribution in [-0.4, -0.2) is 47.2 Å². The first-order valence-electron chi connectivity index (χ1n) is 11.6. The molecule has 0 unspecified atom stereocenters. The minimum Gasteiger partial charge on any atom is -0.369 e. The average Bonchev–Trinajstić information content (AvgIpc) is 3.51. The molecule has 5 rings (SSSR count). The first-order chi connectivity index (χ1) is 17.6. The number of rotatable bonds is 9. The monoisotopic (exact) mass is 516 g/mol. The summed E-state index contributed by atoms with van der Waals surface area (Å²) in [7, 11) is 0. The Morgan fingerprint density at radius 3 is 2.67 bits per heavy atom. The quantitative estimate of drug-likeness (QED) is 0.206. The van der Waals surface area contributed by atoms with Gasteiger partial charge in [0.15, 0.2) is 0 Å². The van der Waals surface area contributed by atoms with E-state index in [9.17, 15) is 9.59 Å². The molecule has 4 aromatic rings. The number of hydrogen-bond donors (Lipinski definition) is 1. The van der Waals surface area contributed by atoms with E-state index in [4.69, 9.17) is 12.2 Å². The third-order valence-electron chi connectivity index (χ3n) is 5.83. The predicted octanol–water partition coefficient (Wildman–Crippen LogP) is 3.84. The van der Waals surface area contributed by atoms with Gasteiger partial charge >= 0.3 is 0 Å². The highest BCUT2D eigenvalue weighted by molar-refractivity contribution is 8.26. The van der Waals surface area contributed by atoms with Crippen molar-refractivity contribution >= 4 is 51.7 Å². The average molecular weight is 517 g/mol. The van der Waals surface area contributed by atoms with E-state index < -0.39 is 0 Å². The highest BCUT2D eigenvalue weighted by Crippen LogP contribution is 2.33. The van der Waals surface area contributed by atoms with Crippen LogP contribution in [0.5, 0.6) is 0 Å². The minimum atomic E-state index is -0.243. The summed E-state index contributed by atoms with van der Waals surface area (Å²) in [5.41, 5.74) is 1.76. The van der Waals surface area contributed by atoms with Crippen molar-refractivity contribution in [1.82, 2.24) is 23.8 Å². The molecule has 0 bridgehead atoms. The fourth-order valence-electron chi connectivity index (χ4n) is 3.96. The van der Waals surface area contributed by atoms with Crippen LogP contribution in [0, 0.1) is 0 Å². The number of thioether (sulfide) groups is 1. The zero-order valence-electron chi connectivity index (χ0n) is 19.4. The SMILES string of the molecule is O=C1/C(=C/c2c(NCCCn3ccnc3)nc3ccccn3c2=O)SC(=S)N1CCc1ccccc1. The Labute approximate surface area is 217 Å². The van der Waals surface area contributed by atoms with Crippen LogP contribution in [-0.2, 0) is 17.8 Å². The van der Waals surface area contributed by atoms with Crippen molar-refractivity contribution in [1.29, 1.82) is 0 Å². The van der Waals surface area contributed by atoms with Gasteiger partial charge in [0.1, 0.15) is 15.8 Å². The Hall–Kier alpha value is -3.76. The van der Waals surface area contributed by atoms with Gasteiger partial charge < -0.3 is 9.88 Å². The maximum atomic E-state index is 13.4. The molecule has 1 amide bonds. The van der Waals surface area contributed by atoms with Crippen LogP contribution in [0.3, 0.4) is 0 Å². The van der Waals surface area contributed by atoms with Crippen LogP contribution < -0.4 is 10.9 Å². The highest BCUT2D eigenvalue weighted by Gasteiger charge is 2.32.